The molecule has 3 atom stereocenters. The van der Waals surface area contributed by atoms with Crippen LogP contribution in [0.2, 0.25) is 0 Å². The van der Waals surface area contributed by atoms with Crippen molar-refractivity contribution in [3.8, 4) is 11.5 Å². The van der Waals surface area contributed by atoms with Gasteiger partial charge in [-0.25, -0.2) is 4.79 Å². The number of benzene rings is 1. The summed E-state index contributed by atoms with van der Waals surface area (Å²) in [4.78, 5) is 58.2. The van der Waals surface area contributed by atoms with Crippen molar-refractivity contribution in [3.63, 3.8) is 0 Å². The van der Waals surface area contributed by atoms with Gasteiger partial charge >= 0.3 is 11.9 Å². The molecule has 0 aliphatic carbocycles. The highest BCUT2D eigenvalue weighted by Crippen LogP contribution is 2.25. The highest BCUT2D eigenvalue weighted by Gasteiger charge is 2.26. The van der Waals surface area contributed by atoms with Crippen LogP contribution in [-0.2, 0) is 30.4 Å². The summed E-state index contributed by atoms with van der Waals surface area (Å²) in [6.07, 6.45) is -0.730. The summed E-state index contributed by atoms with van der Waals surface area (Å²) >= 11 is 3.92. The average Bonchev–Trinajstić information content (AvgIpc) is 2.75. The molecule has 0 bridgehead atoms. The monoisotopic (exact) mass is 486 g/mol. The summed E-state index contributed by atoms with van der Waals surface area (Å²) in [6.45, 7) is -0.643. The first-order valence-electron chi connectivity index (χ1n) is 9.63. The van der Waals surface area contributed by atoms with Crippen LogP contribution in [-0.4, -0.2) is 80.5 Å². The number of phenolic OH excluding ortho intramolecular Hbond substituents is 2. The zero-order chi connectivity index (χ0) is 25.1. The number of carboxylic acid groups (broad SMARTS) is 2. The van der Waals surface area contributed by atoms with Crippen LogP contribution in [0.4, 0.5) is 0 Å². The quantitative estimate of drug-likeness (QED) is 0.109. The Kier molecular flexibility index (Phi) is 10.9. The van der Waals surface area contributed by atoms with Crippen LogP contribution in [0.3, 0.4) is 0 Å². The molecule has 0 fully saturated rings. The standard InChI is InChI=1S/C19H26N4O9S/c20-10(5-9-1-3-13(24)14(25)6-9)17(29)23-11(19(31)32)2-4-15(26)22-12(8-33)18(30)21-7-16(27)28/h1,3,6,10-12,24-25,33H,2,4-5,7-8,20H2,(H,21,30)(H,22,26)(H,23,29)(H,27,28)(H,31,32)/t10-,11+,12+/m1/s1. The van der Waals surface area contributed by atoms with Crippen LogP contribution in [0.15, 0.2) is 18.2 Å². The van der Waals surface area contributed by atoms with E-state index in [2.05, 4.69) is 28.6 Å². The first-order chi connectivity index (χ1) is 15.4. The molecule has 1 aromatic rings. The predicted molar refractivity (Wildman–Crippen MR) is 117 cm³/mol. The fourth-order valence-electron chi connectivity index (χ4n) is 2.60. The number of thiol groups is 1. The third-order valence-corrected chi connectivity index (χ3v) is 4.72. The molecule has 0 aliphatic heterocycles. The Hall–Kier alpha value is -3.52. The minimum atomic E-state index is -1.45. The number of aliphatic carboxylic acids is 2. The van der Waals surface area contributed by atoms with Crippen molar-refractivity contribution in [1.29, 1.82) is 0 Å². The molecule has 0 aliphatic rings. The van der Waals surface area contributed by atoms with Gasteiger partial charge in [-0.3, -0.25) is 19.2 Å². The zero-order valence-electron chi connectivity index (χ0n) is 17.4. The second-order valence-electron chi connectivity index (χ2n) is 6.99. The molecule has 13 nitrogen and oxygen atoms in total. The van der Waals surface area contributed by atoms with E-state index in [1.54, 1.807) is 0 Å². The van der Waals surface area contributed by atoms with Crippen LogP contribution in [0.1, 0.15) is 18.4 Å². The molecule has 33 heavy (non-hydrogen) atoms. The van der Waals surface area contributed by atoms with Crippen LogP contribution in [0.25, 0.3) is 0 Å². The van der Waals surface area contributed by atoms with Crippen molar-refractivity contribution in [3.05, 3.63) is 23.8 Å². The Labute approximate surface area is 193 Å². The number of amides is 3. The summed E-state index contributed by atoms with van der Waals surface area (Å²) in [7, 11) is 0. The first-order valence-corrected chi connectivity index (χ1v) is 10.3. The Bertz CT molecular complexity index is 896. The van der Waals surface area contributed by atoms with E-state index in [9.17, 15) is 39.3 Å². The Morgan fingerprint density at radius 1 is 0.970 bits per heavy atom. The van der Waals surface area contributed by atoms with Gasteiger partial charge in [-0.1, -0.05) is 6.07 Å². The lowest BCUT2D eigenvalue weighted by Gasteiger charge is -2.19. The summed E-state index contributed by atoms with van der Waals surface area (Å²) in [5.74, 6) is -5.83. The molecule has 0 saturated carbocycles. The number of nitrogens with one attached hydrogen (secondary N) is 3. The van der Waals surface area contributed by atoms with Gasteiger partial charge < -0.3 is 42.1 Å². The van der Waals surface area contributed by atoms with Gasteiger partial charge in [-0.05, 0) is 30.5 Å². The van der Waals surface area contributed by atoms with Crippen molar-refractivity contribution in [2.45, 2.75) is 37.4 Å². The molecule has 0 aromatic heterocycles. The van der Waals surface area contributed by atoms with Gasteiger partial charge in [-0.2, -0.15) is 12.6 Å². The number of hydrogen-bond acceptors (Lipinski definition) is 9. The predicted octanol–water partition coefficient (Wildman–Crippen LogP) is -2.07. The number of phenols is 2. The second-order valence-corrected chi connectivity index (χ2v) is 7.35. The van der Waals surface area contributed by atoms with Gasteiger partial charge in [0.15, 0.2) is 11.5 Å². The molecule has 0 spiro atoms. The van der Waals surface area contributed by atoms with Crippen LogP contribution < -0.4 is 21.7 Å². The number of carbonyl (C=O) groups is 5. The lowest BCUT2D eigenvalue weighted by atomic mass is 10.0. The van der Waals surface area contributed by atoms with Crippen LogP contribution in [0, 0.1) is 0 Å². The van der Waals surface area contributed by atoms with Gasteiger partial charge in [0.1, 0.15) is 18.6 Å². The Morgan fingerprint density at radius 2 is 1.64 bits per heavy atom. The highest BCUT2D eigenvalue weighted by molar-refractivity contribution is 7.80. The molecular formula is C19H26N4O9S. The number of aromatic hydroxyl groups is 2. The maximum absolute atomic E-state index is 12.3. The van der Waals surface area contributed by atoms with E-state index >= 15 is 0 Å². The largest absolute Gasteiger partial charge is 0.504 e. The smallest absolute Gasteiger partial charge is 0.326 e. The maximum Gasteiger partial charge on any atom is 0.326 e. The average molecular weight is 487 g/mol. The van der Waals surface area contributed by atoms with Crippen molar-refractivity contribution in [1.82, 2.24) is 16.0 Å². The molecule has 1 aromatic carbocycles. The summed E-state index contributed by atoms with van der Waals surface area (Å²) in [5, 5.41) is 43.3. The number of carbonyl (C=O) groups excluding carboxylic acids is 3. The van der Waals surface area contributed by atoms with Gasteiger partial charge in [0.25, 0.3) is 0 Å². The van der Waals surface area contributed by atoms with Gasteiger partial charge in [0.05, 0.1) is 6.04 Å². The molecule has 0 heterocycles. The summed E-state index contributed by atoms with van der Waals surface area (Å²) < 4.78 is 0. The molecule has 14 heteroatoms. The minimum absolute atomic E-state index is 0.0540. The van der Waals surface area contributed by atoms with Crippen LogP contribution >= 0.6 is 12.6 Å². The van der Waals surface area contributed by atoms with Gasteiger partial charge in [-0.15, -0.1) is 0 Å². The molecule has 3 amide bonds. The third-order valence-electron chi connectivity index (χ3n) is 4.35. The summed E-state index contributed by atoms with van der Waals surface area (Å²) in [5.41, 5.74) is 6.21. The number of rotatable bonds is 13. The fraction of sp³-hybridized carbons (Fsp3) is 0.421. The SMILES string of the molecule is N[C@H](Cc1ccc(O)c(O)c1)C(=O)N[C@@H](CCC(=O)N[C@@H](CS)C(=O)NCC(=O)O)C(=O)O. The molecule has 0 radical (unpaired) electrons. The molecule has 9 N–H and O–H groups in total. The minimum Gasteiger partial charge on any atom is -0.504 e. The highest BCUT2D eigenvalue weighted by atomic mass is 32.1. The lowest BCUT2D eigenvalue weighted by molar-refractivity contribution is -0.142. The normalized spacial score (nSPS) is 13.3. The van der Waals surface area contributed by atoms with Crippen molar-refractivity contribution >= 4 is 42.3 Å². The van der Waals surface area contributed by atoms with Crippen LogP contribution in [0.5, 0.6) is 11.5 Å². The Morgan fingerprint density at radius 3 is 2.18 bits per heavy atom. The molecule has 1 rings (SSSR count). The zero-order valence-corrected chi connectivity index (χ0v) is 18.2. The second kappa shape index (κ2) is 13.1. The third kappa shape index (κ3) is 9.65. The van der Waals surface area contributed by atoms with Crippen molar-refractivity contribution < 1.29 is 44.4 Å². The Balaban J connectivity index is 2.61. The van der Waals surface area contributed by atoms with E-state index in [4.69, 9.17) is 10.8 Å². The lowest BCUT2D eigenvalue weighted by Crippen LogP contribution is -2.51. The van der Waals surface area contributed by atoms with Crippen molar-refractivity contribution in [2.24, 2.45) is 5.73 Å². The molecule has 0 unspecified atom stereocenters. The van der Waals surface area contributed by atoms with Gasteiger partial charge in [0, 0.05) is 12.2 Å². The topological polar surface area (TPSA) is 228 Å². The van der Waals surface area contributed by atoms with E-state index in [-0.39, 0.29) is 30.8 Å². The van der Waals surface area contributed by atoms with E-state index in [0.29, 0.717) is 5.56 Å². The number of nitrogens with two attached hydrogens (primary N) is 1. The van der Waals surface area contributed by atoms with E-state index < -0.39 is 60.1 Å². The molecular weight excluding hydrogens is 460 g/mol. The van der Waals surface area contributed by atoms with E-state index in [1.165, 1.54) is 18.2 Å². The maximum atomic E-state index is 12.3. The number of carboxylic acids is 2. The summed E-state index contributed by atoms with van der Waals surface area (Å²) in [6, 6.07) is 0.119. The van der Waals surface area contributed by atoms with E-state index in [1.807, 2.05) is 0 Å². The number of hydrogen-bond donors (Lipinski definition) is 9. The molecule has 182 valence electrons. The van der Waals surface area contributed by atoms with E-state index in [0.717, 1.165) is 0 Å². The van der Waals surface area contributed by atoms with Gasteiger partial charge in [0.2, 0.25) is 17.7 Å². The molecule has 0 saturated heterocycles. The fourth-order valence-corrected chi connectivity index (χ4v) is 2.86. The van der Waals surface area contributed by atoms with Crippen molar-refractivity contribution in [2.75, 3.05) is 12.3 Å². The first kappa shape index (κ1) is 27.5.